The van der Waals surface area contributed by atoms with Gasteiger partial charge in [-0.25, -0.2) is 0 Å². The van der Waals surface area contributed by atoms with Crippen LogP contribution in [0.25, 0.3) is 0 Å². The summed E-state index contributed by atoms with van der Waals surface area (Å²) >= 11 is 1.74. The van der Waals surface area contributed by atoms with Gasteiger partial charge in [0.25, 0.3) is 5.91 Å². The number of benzene rings is 1. The number of rotatable bonds is 6. The molecule has 19 heavy (non-hydrogen) atoms. The highest BCUT2D eigenvalue weighted by Crippen LogP contribution is 2.11. The molecule has 0 saturated carbocycles. The van der Waals surface area contributed by atoms with Crippen LogP contribution in [0, 0.1) is 6.92 Å². The summed E-state index contributed by atoms with van der Waals surface area (Å²) in [5.41, 5.74) is 1.87. The van der Waals surface area contributed by atoms with Crippen molar-refractivity contribution in [1.82, 2.24) is 5.32 Å². The van der Waals surface area contributed by atoms with Crippen molar-refractivity contribution in [2.75, 3.05) is 12.3 Å². The van der Waals surface area contributed by atoms with E-state index >= 15 is 0 Å². The molecule has 1 N–H and O–H groups in total. The third-order valence-corrected chi connectivity index (χ3v) is 3.65. The quantitative estimate of drug-likeness (QED) is 0.823. The Bertz CT molecular complexity index is 505. The molecule has 0 unspecified atom stereocenters. The summed E-state index contributed by atoms with van der Waals surface area (Å²) in [5.74, 6) is 2.67. The van der Waals surface area contributed by atoms with Gasteiger partial charge in [-0.05, 0) is 31.2 Å². The molecule has 0 atom stereocenters. The van der Waals surface area contributed by atoms with E-state index in [1.54, 1.807) is 18.0 Å². The first-order chi connectivity index (χ1) is 9.25. The molecule has 0 radical (unpaired) electrons. The molecule has 3 nitrogen and oxygen atoms in total. The van der Waals surface area contributed by atoms with E-state index in [-0.39, 0.29) is 5.91 Å². The maximum Gasteiger partial charge on any atom is 0.251 e. The first-order valence-corrected chi connectivity index (χ1v) is 7.36. The topological polar surface area (TPSA) is 42.2 Å². The van der Waals surface area contributed by atoms with Crippen LogP contribution in [0.5, 0.6) is 0 Å². The second-order valence-corrected chi connectivity index (χ2v) is 5.36. The van der Waals surface area contributed by atoms with Crippen LogP contribution in [0.4, 0.5) is 0 Å². The van der Waals surface area contributed by atoms with Crippen molar-refractivity contribution in [3.8, 4) is 0 Å². The molecule has 2 rings (SSSR count). The van der Waals surface area contributed by atoms with Crippen LogP contribution in [-0.4, -0.2) is 18.2 Å². The fourth-order valence-electron chi connectivity index (χ4n) is 1.61. The monoisotopic (exact) mass is 275 g/mol. The van der Waals surface area contributed by atoms with Gasteiger partial charge in [0.05, 0.1) is 12.0 Å². The summed E-state index contributed by atoms with van der Waals surface area (Å²) in [4.78, 5) is 11.8. The van der Waals surface area contributed by atoms with E-state index in [9.17, 15) is 4.79 Å². The predicted molar refractivity (Wildman–Crippen MR) is 78.4 cm³/mol. The van der Waals surface area contributed by atoms with Gasteiger partial charge in [-0.15, -0.1) is 0 Å². The van der Waals surface area contributed by atoms with Crippen molar-refractivity contribution in [2.24, 2.45) is 0 Å². The lowest BCUT2D eigenvalue weighted by Crippen LogP contribution is -2.25. The van der Waals surface area contributed by atoms with Crippen molar-refractivity contribution in [3.63, 3.8) is 0 Å². The number of carbonyl (C=O) groups excluding carboxylic acids is 1. The van der Waals surface area contributed by atoms with E-state index in [0.717, 1.165) is 22.8 Å². The van der Waals surface area contributed by atoms with E-state index in [2.05, 4.69) is 5.32 Å². The molecule has 1 aromatic carbocycles. The molecule has 100 valence electrons. The maximum atomic E-state index is 11.8. The largest absolute Gasteiger partial charge is 0.468 e. The highest BCUT2D eigenvalue weighted by atomic mass is 32.2. The van der Waals surface area contributed by atoms with Crippen molar-refractivity contribution in [3.05, 3.63) is 59.5 Å². The number of hydrogen-bond donors (Lipinski definition) is 1. The van der Waals surface area contributed by atoms with Gasteiger partial charge in [0.15, 0.2) is 0 Å². The number of aryl methyl sites for hydroxylation is 1. The van der Waals surface area contributed by atoms with Crippen molar-refractivity contribution >= 4 is 17.7 Å². The standard InChI is InChI=1S/C15H17NO2S/c1-12-4-6-13(7-5-12)15(17)16-8-10-19-11-14-3-2-9-18-14/h2-7,9H,8,10-11H2,1H3,(H,16,17). The average molecular weight is 275 g/mol. The number of furan rings is 1. The minimum Gasteiger partial charge on any atom is -0.468 e. The summed E-state index contributed by atoms with van der Waals surface area (Å²) in [6.45, 7) is 2.67. The minimum absolute atomic E-state index is 0.0152. The first-order valence-electron chi connectivity index (χ1n) is 6.21. The second-order valence-electron chi connectivity index (χ2n) is 4.25. The number of thioether (sulfide) groups is 1. The summed E-state index contributed by atoms with van der Waals surface area (Å²) < 4.78 is 5.23. The Morgan fingerprint density at radius 3 is 2.74 bits per heavy atom. The van der Waals surface area contributed by atoms with E-state index in [1.807, 2.05) is 43.3 Å². The molecule has 0 fully saturated rings. The highest BCUT2D eigenvalue weighted by molar-refractivity contribution is 7.98. The van der Waals surface area contributed by atoms with Crippen LogP contribution in [0.3, 0.4) is 0 Å². The average Bonchev–Trinajstić information content (AvgIpc) is 2.92. The number of nitrogens with one attached hydrogen (secondary N) is 1. The summed E-state index contributed by atoms with van der Waals surface area (Å²) in [6.07, 6.45) is 1.68. The van der Waals surface area contributed by atoms with Gasteiger partial charge < -0.3 is 9.73 Å². The molecule has 0 aliphatic heterocycles. The molecule has 2 aromatic rings. The van der Waals surface area contributed by atoms with Gasteiger partial charge in [-0.1, -0.05) is 17.7 Å². The first kappa shape index (κ1) is 13.7. The normalized spacial score (nSPS) is 10.4. The van der Waals surface area contributed by atoms with Crippen LogP contribution in [0.2, 0.25) is 0 Å². The third-order valence-electron chi connectivity index (χ3n) is 2.67. The zero-order chi connectivity index (χ0) is 13.5. The molecule has 4 heteroatoms. The molecule has 1 heterocycles. The summed E-state index contributed by atoms with van der Waals surface area (Å²) in [6, 6.07) is 11.4. The van der Waals surface area contributed by atoms with Gasteiger partial charge in [0, 0.05) is 17.9 Å². The van der Waals surface area contributed by atoms with Crippen molar-refractivity contribution < 1.29 is 9.21 Å². The Kier molecular flexibility index (Phi) is 5.10. The van der Waals surface area contributed by atoms with Crippen LogP contribution < -0.4 is 5.32 Å². The molecule has 1 amide bonds. The zero-order valence-electron chi connectivity index (χ0n) is 10.9. The molecular weight excluding hydrogens is 258 g/mol. The number of carbonyl (C=O) groups is 1. The van der Waals surface area contributed by atoms with Gasteiger partial charge in [0.2, 0.25) is 0 Å². The lowest BCUT2D eigenvalue weighted by Gasteiger charge is -2.05. The Morgan fingerprint density at radius 2 is 2.05 bits per heavy atom. The third kappa shape index (κ3) is 4.48. The molecular formula is C15H17NO2S. The fourth-order valence-corrected chi connectivity index (χ4v) is 2.37. The molecule has 0 saturated heterocycles. The zero-order valence-corrected chi connectivity index (χ0v) is 11.7. The molecule has 1 aromatic heterocycles. The molecule has 0 aliphatic carbocycles. The van der Waals surface area contributed by atoms with Gasteiger partial charge in [0.1, 0.15) is 5.76 Å². The van der Waals surface area contributed by atoms with Crippen molar-refractivity contribution in [1.29, 1.82) is 0 Å². The highest BCUT2D eigenvalue weighted by Gasteiger charge is 2.03. The molecule has 0 aliphatic rings. The summed E-state index contributed by atoms with van der Waals surface area (Å²) in [5, 5.41) is 2.91. The minimum atomic E-state index is -0.0152. The molecule has 0 spiro atoms. The predicted octanol–water partition coefficient (Wildman–Crippen LogP) is 3.25. The van der Waals surface area contributed by atoms with E-state index in [0.29, 0.717) is 12.1 Å². The Morgan fingerprint density at radius 1 is 1.26 bits per heavy atom. The van der Waals surface area contributed by atoms with Crippen LogP contribution in [-0.2, 0) is 5.75 Å². The fraction of sp³-hybridized carbons (Fsp3) is 0.267. The second kappa shape index (κ2) is 7.04. The van der Waals surface area contributed by atoms with Crippen LogP contribution >= 0.6 is 11.8 Å². The Balaban J connectivity index is 1.65. The van der Waals surface area contributed by atoms with Gasteiger partial charge >= 0.3 is 0 Å². The van der Waals surface area contributed by atoms with Gasteiger partial charge in [-0.3, -0.25) is 4.79 Å². The van der Waals surface area contributed by atoms with Crippen LogP contribution in [0.1, 0.15) is 21.7 Å². The number of amides is 1. The van der Waals surface area contributed by atoms with Gasteiger partial charge in [-0.2, -0.15) is 11.8 Å². The number of hydrogen-bond acceptors (Lipinski definition) is 3. The Labute approximate surface area is 117 Å². The lowest BCUT2D eigenvalue weighted by molar-refractivity contribution is 0.0956. The van der Waals surface area contributed by atoms with E-state index in [1.165, 1.54) is 0 Å². The lowest BCUT2D eigenvalue weighted by atomic mass is 10.1. The van der Waals surface area contributed by atoms with Crippen molar-refractivity contribution in [2.45, 2.75) is 12.7 Å². The SMILES string of the molecule is Cc1ccc(C(=O)NCCSCc2ccco2)cc1. The summed E-state index contributed by atoms with van der Waals surface area (Å²) in [7, 11) is 0. The molecule has 0 bridgehead atoms. The maximum absolute atomic E-state index is 11.8. The van der Waals surface area contributed by atoms with Crippen LogP contribution in [0.15, 0.2) is 47.1 Å². The smallest absolute Gasteiger partial charge is 0.251 e. The van der Waals surface area contributed by atoms with E-state index < -0.39 is 0 Å². The van der Waals surface area contributed by atoms with E-state index in [4.69, 9.17) is 4.42 Å². The Hall–Kier alpha value is -1.68.